The van der Waals surface area contributed by atoms with Crippen LogP contribution in [-0.4, -0.2) is 31.7 Å². The molecule has 5 heteroatoms. The smallest absolute Gasteiger partial charge is 0.237 e. The molecule has 1 fully saturated rings. The van der Waals surface area contributed by atoms with Gasteiger partial charge in [0.1, 0.15) is 17.4 Å². The van der Waals surface area contributed by atoms with E-state index in [-0.39, 0.29) is 12.0 Å². The molecule has 3 N–H and O–H groups in total. The normalized spacial score (nSPS) is 25.6. The first-order chi connectivity index (χ1) is 9.59. The van der Waals surface area contributed by atoms with Crippen molar-refractivity contribution in [2.24, 2.45) is 5.73 Å². The van der Waals surface area contributed by atoms with Crippen molar-refractivity contribution in [3.05, 3.63) is 29.8 Å². The Kier molecular flexibility index (Phi) is 4.62. The predicted octanol–water partition coefficient (Wildman–Crippen LogP) is 1.21. The SMILES string of the molecule is CNC1(C(N)=O)CCC(Oc2cccc(COC)c2)C1. The van der Waals surface area contributed by atoms with Crippen LogP contribution in [-0.2, 0) is 16.1 Å². The van der Waals surface area contributed by atoms with E-state index in [0.29, 0.717) is 19.4 Å². The van der Waals surface area contributed by atoms with Gasteiger partial charge < -0.3 is 20.5 Å². The van der Waals surface area contributed by atoms with E-state index >= 15 is 0 Å². The van der Waals surface area contributed by atoms with Gasteiger partial charge in [0.15, 0.2) is 0 Å². The summed E-state index contributed by atoms with van der Waals surface area (Å²) in [6, 6.07) is 7.82. The average Bonchev–Trinajstić information content (AvgIpc) is 2.84. The van der Waals surface area contributed by atoms with Gasteiger partial charge in [0.25, 0.3) is 0 Å². The van der Waals surface area contributed by atoms with E-state index in [1.165, 1.54) is 0 Å². The number of carbonyl (C=O) groups excluding carboxylic acids is 1. The van der Waals surface area contributed by atoms with Crippen LogP contribution >= 0.6 is 0 Å². The number of primary amides is 1. The Bertz CT molecular complexity index is 478. The maximum atomic E-state index is 11.6. The Labute approximate surface area is 119 Å². The zero-order valence-corrected chi connectivity index (χ0v) is 12.0. The first-order valence-electron chi connectivity index (χ1n) is 6.83. The van der Waals surface area contributed by atoms with Gasteiger partial charge in [0, 0.05) is 13.5 Å². The van der Waals surface area contributed by atoms with E-state index in [4.69, 9.17) is 15.2 Å². The lowest BCUT2D eigenvalue weighted by atomic mass is 9.97. The number of hydrogen-bond donors (Lipinski definition) is 2. The number of benzene rings is 1. The number of methoxy groups -OCH3 is 1. The second kappa shape index (κ2) is 6.24. The van der Waals surface area contributed by atoms with E-state index < -0.39 is 5.54 Å². The van der Waals surface area contributed by atoms with E-state index in [9.17, 15) is 4.79 Å². The molecular weight excluding hydrogens is 256 g/mol. The minimum absolute atomic E-state index is 0.00717. The van der Waals surface area contributed by atoms with Crippen LogP contribution in [0.15, 0.2) is 24.3 Å². The van der Waals surface area contributed by atoms with Gasteiger partial charge in [-0.15, -0.1) is 0 Å². The second-order valence-corrected chi connectivity index (χ2v) is 5.26. The summed E-state index contributed by atoms with van der Waals surface area (Å²) in [7, 11) is 3.44. The van der Waals surface area contributed by atoms with Crippen molar-refractivity contribution in [2.75, 3.05) is 14.2 Å². The molecule has 0 aromatic heterocycles. The van der Waals surface area contributed by atoms with Crippen molar-refractivity contribution in [3.63, 3.8) is 0 Å². The number of ether oxygens (including phenoxy) is 2. The van der Waals surface area contributed by atoms with Crippen LogP contribution in [0.25, 0.3) is 0 Å². The molecule has 0 saturated heterocycles. The van der Waals surface area contributed by atoms with Gasteiger partial charge in [0.05, 0.1) is 6.61 Å². The molecule has 5 nitrogen and oxygen atoms in total. The first kappa shape index (κ1) is 14.8. The van der Waals surface area contributed by atoms with Gasteiger partial charge in [-0.25, -0.2) is 0 Å². The number of likely N-dealkylation sites (N-methyl/N-ethyl adjacent to an activating group) is 1. The summed E-state index contributed by atoms with van der Waals surface area (Å²) in [5.41, 5.74) is 5.93. The summed E-state index contributed by atoms with van der Waals surface area (Å²) in [6.45, 7) is 0.559. The molecule has 2 rings (SSSR count). The highest BCUT2D eigenvalue weighted by molar-refractivity contribution is 5.85. The molecule has 2 atom stereocenters. The summed E-state index contributed by atoms with van der Waals surface area (Å²) in [6.07, 6.45) is 2.14. The fraction of sp³-hybridized carbons (Fsp3) is 0.533. The highest BCUT2D eigenvalue weighted by atomic mass is 16.5. The molecule has 20 heavy (non-hydrogen) atoms. The fourth-order valence-electron chi connectivity index (χ4n) is 2.74. The van der Waals surface area contributed by atoms with Crippen LogP contribution in [0, 0.1) is 0 Å². The van der Waals surface area contributed by atoms with Crippen LogP contribution in [0.4, 0.5) is 0 Å². The maximum absolute atomic E-state index is 11.6. The van der Waals surface area contributed by atoms with Crippen molar-refractivity contribution in [1.29, 1.82) is 0 Å². The lowest BCUT2D eigenvalue weighted by Crippen LogP contribution is -2.52. The predicted molar refractivity (Wildman–Crippen MR) is 76.4 cm³/mol. The monoisotopic (exact) mass is 278 g/mol. The van der Waals surface area contributed by atoms with Gasteiger partial charge in [-0.05, 0) is 37.6 Å². The number of nitrogens with two attached hydrogens (primary N) is 1. The van der Waals surface area contributed by atoms with E-state index in [2.05, 4.69) is 5.32 Å². The van der Waals surface area contributed by atoms with Crippen LogP contribution in [0.3, 0.4) is 0 Å². The minimum Gasteiger partial charge on any atom is -0.490 e. The summed E-state index contributed by atoms with van der Waals surface area (Å²) >= 11 is 0. The molecule has 0 bridgehead atoms. The fourth-order valence-corrected chi connectivity index (χ4v) is 2.74. The second-order valence-electron chi connectivity index (χ2n) is 5.26. The Morgan fingerprint density at radius 1 is 1.55 bits per heavy atom. The first-order valence-corrected chi connectivity index (χ1v) is 6.83. The highest BCUT2D eigenvalue weighted by Crippen LogP contribution is 2.32. The Hall–Kier alpha value is -1.59. The molecule has 0 spiro atoms. The average molecular weight is 278 g/mol. The third kappa shape index (κ3) is 3.11. The van der Waals surface area contributed by atoms with Gasteiger partial charge in [-0.2, -0.15) is 0 Å². The molecule has 110 valence electrons. The Morgan fingerprint density at radius 2 is 2.35 bits per heavy atom. The Morgan fingerprint density at radius 3 is 2.95 bits per heavy atom. The zero-order valence-electron chi connectivity index (χ0n) is 12.0. The van der Waals surface area contributed by atoms with E-state index in [0.717, 1.165) is 17.7 Å². The van der Waals surface area contributed by atoms with Crippen molar-refractivity contribution in [3.8, 4) is 5.75 Å². The Balaban J connectivity index is 2.01. The number of nitrogens with one attached hydrogen (secondary N) is 1. The van der Waals surface area contributed by atoms with Crippen LogP contribution in [0.5, 0.6) is 5.75 Å². The molecular formula is C15H22N2O3. The van der Waals surface area contributed by atoms with Crippen molar-refractivity contribution >= 4 is 5.91 Å². The molecule has 1 aliphatic carbocycles. The summed E-state index contributed by atoms with van der Waals surface area (Å²) in [5.74, 6) is 0.500. The number of amides is 1. The van der Waals surface area contributed by atoms with Crippen LogP contribution in [0.1, 0.15) is 24.8 Å². The van der Waals surface area contributed by atoms with E-state index in [1.54, 1.807) is 14.2 Å². The molecule has 1 aromatic rings. The van der Waals surface area contributed by atoms with Crippen LogP contribution < -0.4 is 15.8 Å². The number of hydrogen-bond acceptors (Lipinski definition) is 4. The van der Waals surface area contributed by atoms with Crippen LogP contribution in [0.2, 0.25) is 0 Å². The van der Waals surface area contributed by atoms with Gasteiger partial charge in [-0.1, -0.05) is 12.1 Å². The molecule has 0 aliphatic heterocycles. The van der Waals surface area contributed by atoms with Gasteiger partial charge in [-0.3, -0.25) is 4.79 Å². The topological polar surface area (TPSA) is 73.6 Å². The third-order valence-corrected chi connectivity index (χ3v) is 3.93. The standard InChI is InChI=1S/C15H22N2O3/c1-17-15(14(16)18)7-6-13(9-15)20-12-5-3-4-11(8-12)10-19-2/h3-5,8,13,17H,6-7,9-10H2,1-2H3,(H2,16,18). The molecule has 0 heterocycles. The molecule has 1 aromatic carbocycles. The van der Waals surface area contributed by atoms with E-state index in [1.807, 2.05) is 24.3 Å². The number of carbonyl (C=O) groups is 1. The molecule has 0 radical (unpaired) electrons. The minimum atomic E-state index is -0.630. The lowest BCUT2D eigenvalue weighted by molar-refractivity contribution is -0.124. The molecule has 1 saturated carbocycles. The lowest BCUT2D eigenvalue weighted by Gasteiger charge is -2.24. The maximum Gasteiger partial charge on any atom is 0.237 e. The van der Waals surface area contributed by atoms with Crippen molar-refractivity contribution < 1.29 is 14.3 Å². The largest absolute Gasteiger partial charge is 0.490 e. The van der Waals surface area contributed by atoms with Gasteiger partial charge >= 0.3 is 0 Å². The molecule has 2 unspecified atom stereocenters. The van der Waals surface area contributed by atoms with Gasteiger partial charge in [0.2, 0.25) is 5.91 Å². The summed E-state index contributed by atoms with van der Waals surface area (Å²) in [5, 5.41) is 3.05. The van der Waals surface area contributed by atoms with Crippen molar-refractivity contribution in [2.45, 2.75) is 37.5 Å². The quantitative estimate of drug-likeness (QED) is 0.820. The molecule has 1 aliphatic rings. The van der Waals surface area contributed by atoms with Crippen molar-refractivity contribution in [1.82, 2.24) is 5.32 Å². The number of rotatable bonds is 6. The summed E-state index contributed by atoms with van der Waals surface area (Å²) < 4.78 is 11.1. The highest BCUT2D eigenvalue weighted by Gasteiger charge is 2.43. The zero-order chi connectivity index (χ0) is 14.6. The summed E-state index contributed by atoms with van der Waals surface area (Å²) in [4.78, 5) is 11.6. The third-order valence-electron chi connectivity index (χ3n) is 3.93. The molecule has 1 amide bonds.